The largest absolute Gasteiger partial charge is 0.508 e. The number of primary sulfonamides is 1. The van der Waals surface area contributed by atoms with Gasteiger partial charge in [0.15, 0.2) is 0 Å². The number of sulfonamides is 1. The lowest BCUT2D eigenvalue weighted by molar-refractivity contribution is 0.385. The van der Waals surface area contributed by atoms with Crippen molar-refractivity contribution in [2.24, 2.45) is 5.14 Å². The van der Waals surface area contributed by atoms with Crippen molar-refractivity contribution < 1.29 is 21.9 Å². The van der Waals surface area contributed by atoms with Crippen LogP contribution in [0.3, 0.4) is 0 Å². The molecule has 2 aromatic rings. The first-order valence-electron chi connectivity index (χ1n) is 6.35. The van der Waals surface area contributed by atoms with Crippen LogP contribution in [0.5, 0.6) is 5.75 Å². The number of benzene rings is 1. The molecule has 0 bridgehead atoms. The van der Waals surface area contributed by atoms with Gasteiger partial charge in [0, 0.05) is 17.5 Å². The number of hydrogen-bond acceptors (Lipinski definition) is 7. The number of halogens is 1. The van der Waals surface area contributed by atoms with Gasteiger partial charge in [0.05, 0.1) is 9.79 Å². The average molecular weight is 413 g/mol. The topological polar surface area (TPSA) is 118 Å². The molecular formula is C13H17ClN2O5S3. The van der Waals surface area contributed by atoms with Gasteiger partial charge in [-0.05, 0) is 38.4 Å². The summed E-state index contributed by atoms with van der Waals surface area (Å²) >= 11 is 0.746. The summed E-state index contributed by atoms with van der Waals surface area (Å²) in [5.41, 5.74) is 0.456. The molecule has 1 aromatic carbocycles. The Hall–Kier alpha value is -1.17. The van der Waals surface area contributed by atoms with Gasteiger partial charge in [-0.2, -0.15) is 0 Å². The lowest BCUT2D eigenvalue weighted by Crippen LogP contribution is -2.12. The molecule has 0 amide bonds. The molecule has 0 radical (unpaired) electrons. The normalized spacial score (nSPS) is 12.2. The van der Waals surface area contributed by atoms with Gasteiger partial charge in [0.1, 0.15) is 9.96 Å². The van der Waals surface area contributed by atoms with Crippen molar-refractivity contribution in [1.82, 2.24) is 4.90 Å². The van der Waals surface area contributed by atoms with Crippen molar-refractivity contribution in [2.45, 2.75) is 20.5 Å². The molecule has 2 rings (SSSR count). The third kappa shape index (κ3) is 4.47. The summed E-state index contributed by atoms with van der Waals surface area (Å²) in [7, 11) is -4.26. The highest BCUT2D eigenvalue weighted by molar-refractivity contribution is 7.92. The van der Waals surface area contributed by atoms with E-state index >= 15 is 0 Å². The fourth-order valence-corrected chi connectivity index (χ4v) is 5.28. The lowest BCUT2D eigenvalue weighted by Gasteiger charge is -2.12. The fourth-order valence-electron chi connectivity index (χ4n) is 1.92. The first-order chi connectivity index (χ1) is 10.5. The molecule has 0 aliphatic carbocycles. The van der Waals surface area contributed by atoms with E-state index in [1.807, 2.05) is 0 Å². The molecular weight excluding hydrogens is 396 g/mol. The van der Waals surface area contributed by atoms with Crippen LogP contribution < -0.4 is 5.14 Å². The summed E-state index contributed by atoms with van der Waals surface area (Å²) < 4.78 is 47.5. The molecule has 24 heavy (non-hydrogen) atoms. The van der Waals surface area contributed by atoms with E-state index in [-0.39, 0.29) is 32.2 Å². The maximum atomic E-state index is 12.6. The van der Waals surface area contributed by atoms with Gasteiger partial charge < -0.3 is 10.0 Å². The third-order valence-electron chi connectivity index (χ3n) is 2.99. The summed E-state index contributed by atoms with van der Waals surface area (Å²) in [6, 6.07) is 4.99. The molecule has 1 heterocycles. The van der Waals surface area contributed by atoms with E-state index in [0.29, 0.717) is 12.1 Å². The van der Waals surface area contributed by atoms with Crippen molar-refractivity contribution in [3.05, 3.63) is 35.2 Å². The molecule has 1 aromatic heterocycles. The zero-order valence-corrected chi connectivity index (χ0v) is 16.1. The molecule has 0 saturated carbocycles. The van der Waals surface area contributed by atoms with Crippen LogP contribution in [-0.2, 0) is 26.4 Å². The lowest BCUT2D eigenvalue weighted by atomic mass is 10.2. The van der Waals surface area contributed by atoms with Crippen molar-refractivity contribution in [2.75, 3.05) is 14.1 Å². The van der Waals surface area contributed by atoms with E-state index in [9.17, 15) is 21.9 Å². The molecule has 11 heteroatoms. The van der Waals surface area contributed by atoms with Gasteiger partial charge in [-0.3, -0.25) is 0 Å². The second-order valence-corrected chi connectivity index (χ2v) is 9.83. The number of nitrogens with zero attached hydrogens (tertiary/aromatic N) is 1. The smallest absolute Gasteiger partial charge is 0.247 e. The molecule has 3 N–H and O–H groups in total. The number of rotatable bonds is 5. The molecule has 0 aliphatic rings. The SMILES string of the molecule is CN(C)Cc1cc(S(=O)(=O)c2csc(S(N)(=O)=O)c2)ccc1O.Cl. The second kappa shape index (κ2) is 7.38. The summed E-state index contributed by atoms with van der Waals surface area (Å²) in [5.74, 6) is -0.00630. The maximum Gasteiger partial charge on any atom is 0.247 e. The van der Waals surface area contributed by atoms with E-state index in [0.717, 1.165) is 17.4 Å². The Balaban J connectivity index is 0.00000288. The number of nitrogens with two attached hydrogens (primary N) is 1. The Labute approximate surface area is 151 Å². The van der Waals surface area contributed by atoms with E-state index in [1.165, 1.54) is 23.6 Å². The number of phenols is 1. The van der Waals surface area contributed by atoms with Gasteiger partial charge in [0.25, 0.3) is 0 Å². The van der Waals surface area contributed by atoms with Crippen molar-refractivity contribution in [1.29, 1.82) is 0 Å². The molecule has 7 nitrogen and oxygen atoms in total. The summed E-state index contributed by atoms with van der Waals surface area (Å²) in [6.07, 6.45) is 0. The predicted molar refractivity (Wildman–Crippen MR) is 93.9 cm³/mol. The van der Waals surface area contributed by atoms with Gasteiger partial charge in [0.2, 0.25) is 19.9 Å². The van der Waals surface area contributed by atoms with Crippen molar-refractivity contribution >= 4 is 43.6 Å². The van der Waals surface area contributed by atoms with Crippen LogP contribution in [0, 0.1) is 0 Å². The molecule has 0 aliphatic heterocycles. The summed E-state index contributed by atoms with van der Waals surface area (Å²) in [6.45, 7) is 0.362. The van der Waals surface area contributed by atoms with Crippen LogP contribution in [0.15, 0.2) is 43.6 Å². The Morgan fingerprint density at radius 1 is 1.12 bits per heavy atom. The zero-order valence-electron chi connectivity index (χ0n) is 12.8. The average Bonchev–Trinajstić information content (AvgIpc) is 2.90. The monoisotopic (exact) mass is 412 g/mol. The first-order valence-corrected chi connectivity index (χ1v) is 10.3. The Kier molecular flexibility index (Phi) is 6.42. The second-order valence-electron chi connectivity index (χ2n) is 5.18. The third-order valence-corrected chi connectivity index (χ3v) is 7.26. The number of sulfone groups is 1. The standard InChI is InChI=1S/C13H16N2O5S3.ClH/c1-15(2)7-9-5-10(3-4-12(9)16)22(17,18)11-6-13(21-8-11)23(14,19)20;/h3-6,8,16H,7H2,1-2H3,(H2,14,19,20);1H. The number of hydrogen-bond donors (Lipinski definition) is 2. The maximum absolute atomic E-state index is 12.6. The summed E-state index contributed by atoms with van der Waals surface area (Å²) in [4.78, 5) is 1.62. The van der Waals surface area contributed by atoms with Crippen molar-refractivity contribution in [3.8, 4) is 5.75 Å². The van der Waals surface area contributed by atoms with Crippen LogP contribution in [-0.4, -0.2) is 40.9 Å². The van der Waals surface area contributed by atoms with Crippen LogP contribution in [0.1, 0.15) is 5.56 Å². The van der Waals surface area contributed by atoms with Crippen LogP contribution in [0.4, 0.5) is 0 Å². The minimum atomic E-state index is -3.95. The van der Waals surface area contributed by atoms with Gasteiger partial charge in [-0.25, -0.2) is 22.0 Å². The molecule has 0 atom stereocenters. The summed E-state index contributed by atoms with van der Waals surface area (Å²) in [5, 5.41) is 16.0. The van der Waals surface area contributed by atoms with E-state index < -0.39 is 19.9 Å². The van der Waals surface area contributed by atoms with E-state index in [2.05, 4.69) is 0 Å². The van der Waals surface area contributed by atoms with Crippen LogP contribution >= 0.6 is 23.7 Å². The minimum Gasteiger partial charge on any atom is -0.508 e. The van der Waals surface area contributed by atoms with Crippen LogP contribution in [0.2, 0.25) is 0 Å². The van der Waals surface area contributed by atoms with Gasteiger partial charge in [-0.1, -0.05) is 0 Å². The van der Waals surface area contributed by atoms with E-state index in [1.54, 1.807) is 19.0 Å². The van der Waals surface area contributed by atoms with Gasteiger partial charge in [-0.15, -0.1) is 23.7 Å². The fraction of sp³-hybridized carbons (Fsp3) is 0.231. The Morgan fingerprint density at radius 2 is 1.75 bits per heavy atom. The first kappa shape index (κ1) is 20.9. The highest BCUT2D eigenvalue weighted by Gasteiger charge is 2.23. The Morgan fingerprint density at radius 3 is 2.25 bits per heavy atom. The minimum absolute atomic E-state index is 0. The quantitative estimate of drug-likeness (QED) is 0.766. The number of aromatic hydroxyl groups is 1. The van der Waals surface area contributed by atoms with Gasteiger partial charge >= 0.3 is 0 Å². The zero-order chi connectivity index (χ0) is 17.4. The van der Waals surface area contributed by atoms with Crippen molar-refractivity contribution in [3.63, 3.8) is 0 Å². The van der Waals surface area contributed by atoms with Crippen LogP contribution in [0.25, 0.3) is 0 Å². The highest BCUT2D eigenvalue weighted by atomic mass is 35.5. The Bertz CT molecular complexity index is 936. The number of phenolic OH excluding ortho intramolecular Hbond substituents is 1. The molecule has 134 valence electrons. The number of thiophene rings is 1. The van der Waals surface area contributed by atoms with E-state index in [4.69, 9.17) is 5.14 Å². The molecule has 0 fully saturated rings. The molecule has 0 unspecified atom stereocenters. The molecule has 0 saturated heterocycles. The molecule has 0 spiro atoms. The predicted octanol–water partition coefficient (Wildman–Crippen LogP) is 1.42. The highest BCUT2D eigenvalue weighted by Crippen LogP contribution is 2.30.